The number of carbonyl (C=O) groups excluding carboxylic acids is 2. The van der Waals surface area contributed by atoms with E-state index in [9.17, 15) is 9.59 Å². The monoisotopic (exact) mass is 1240 g/mol. The lowest BCUT2D eigenvalue weighted by Crippen LogP contribution is -2.61. The number of ether oxygens (including phenoxy) is 2. The Hall–Kier alpha value is -12.7. The molecule has 0 saturated heterocycles. The number of carbonyl (C=O) groups is 2. The summed E-state index contributed by atoms with van der Waals surface area (Å²) in [5, 5.41) is 1.43. The third kappa shape index (κ3) is 10.3. The highest BCUT2D eigenvalue weighted by molar-refractivity contribution is 7.00. The maximum absolute atomic E-state index is 14.3. The number of benzene rings is 13. The summed E-state index contributed by atoms with van der Waals surface area (Å²) in [6, 6.07) is 109. The summed E-state index contributed by atoms with van der Waals surface area (Å²) in [7, 11) is 0. The van der Waals surface area contributed by atoms with E-state index >= 15 is 0 Å². The lowest BCUT2D eigenvalue weighted by molar-refractivity contribution is 0.0464. The van der Waals surface area contributed by atoms with Crippen LogP contribution in [0.1, 0.15) is 31.8 Å². The fourth-order valence-corrected chi connectivity index (χ4v) is 13.9. The van der Waals surface area contributed by atoms with E-state index in [0.29, 0.717) is 44.9 Å². The van der Waals surface area contributed by atoms with E-state index in [4.69, 9.17) is 24.4 Å². The third-order valence-corrected chi connectivity index (χ3v) is 18.3. The molecule has 0 radical (unpaired) electrons. The molecular weight excluding hydrogens is 1180 g/mol. The predicted molar refractivity (Wildman–Crippen MR) is 386 cm³/mol. The molecule has 0 atom stereocenters. The average molecular weight is 1240 g/mol. The van der Waals surface area contributed by atoms with Gasteiger partial charge >= 0.3 is 11.9 Å². The van der Waals surface area contributed by atoms with Crippen molar-refractivity contribution in [3.63, 3.8) is 0 Å². The Kier molecular flexibility index (Phi) is 14.5. The van der Waals surface area contributed by atoms with Gasteiger partial charge in [0.15, 0.2) is 17.5 Å². The molecule has 0 unspecified atom stereocenters. The second-order valence-corrected chi connectivity index (χ2v) is 24.1. The van der Waals surface area contributed by atoms with Gasteiger partial charge in [-0.2, -0.15) is 0 Å². The maximum Gasteiger partial charge on any atom is 0.338 e. The van der Waals surface area contributed by atoms with Crippen LogP contribution in [0.3, 0.4) is 0 Å². The summed E-state index contributed by atoms with van der Waals surface area (Å²) in [6.07, 6.45) is 0. The summed E-state index contributed by atoms with van der Waals surface area (Å²) < 4.78 is 14.2. The maximum atomic E-state index is 14.3. The summed E-state index contributed by atoms with van der Waals surface area (Å²) >= 11 is 0. The van der Waals surface area contributed by atoms with Crippen LogP contribution in [-0.4, -0.2) is 38.2 Å². The second kappa shape index (κ2) is 24.4. The second-order valence-electron chi connectivity index (χ2n) is 24.1. The van der Waals surface area contributed by atoms with Gasteiger partial charge in [0.25, 0.3) is 6.71 Å². The van der Waals surface area contributed by atoms with E-state index in [-0.39, 0.29) is 19.9 Å². The normalized spacial score (nSPS) is 12.1. The first kappa shape index (κ1) is 57.2. The van der Waals surface area contributed by atoms with Crippen molar-refractivity contribution >= 4 is 91.0 Å². The van der Waals surface area contributed by atoms with Crippen LogP contribution in [0, 0.1) is 0 Å². The zero-order valence-corrected chi connectivity index (χ0v) is 51.9. The average Bonchev–Trinajstić information content (AvgIpc) is 0.745. The van der Waals surface area contributed by atoms with Gasteiger partial charge in [-0.1, -0.05) is 224 Å². The zero-order valence-electron chi connectivity index (χ0n) is 51.9. The Labute approximate surface area is 555 Å². The summed E-state index contributed by atoms with van der Waals surface area (Å²) in [6.45, 7) is 0.145. The number of anilines is 6. The lowest BCUT2D eigenvalue weighted by atomic mass is 9.33. The van der Waals surface area contributed by atoms with Crippen LogP contribution in [0.4, 0.5) is 34.1 Å². The number of aromatic nitrogens is 4. The highest BCUT2D eigenvalue weighted by atomic mass is 16.5. The first-order chi connectivity index (χ1) is 47.5. The molecular formula is C85H57BN6O4. The summed E-state index contributed by atoms with van der Waals surface area (Å²) in [5.41, 5.74) is 21.2. The molecule has 2 aromatic heterocycles. The highest BCUT2D eigenvalue weighted by Gasteiger charge is 2.43. The Balaban J connectivity index is 0.903. The first-order valence-corrected chi connectivity index (χ1v) is 32.1. The lowest BCUT2D eigenvalue weighted by Gasteiger charge is -2.44. The SMILES string of the molecule is O=C(OCc1ccccc1)c1ccc2c(c1)c1cc(C(=O)OCc3ccccc3)ccc1n2-c1c(-c2cccc(-c3cc4c5c(c3)N(c3ccccc3)c3ccccc3B5c3ccccc3N4c3ccccc3)c2)cccc1-c1nc(-c2ccccc2)nc(-c2ccccc2)n1. The minimum Gasteiger partial charge on any atom is -0.457 e. The number of nitrogens with zero attached hydrogens (tertiary/aromatic N) is 6. The molecule has 454 valence electrons. The van der Waals surface area contributed by atoms with E-state index in [1.54, 1.807) is 0 Å². The number of rotatable bonds is 14. The van der Waals surface area contributed by atoms with Gasteiger partial charge in [0.2, 0.25) is 0 Å². The fourth-order valence-electron chi connectivity index (χ4n) is 13.9. The summed E-state index contributed by atoms with van der Waals surface area (Å²) in [5.74, 6) is 0.498. The van der Waals surface area contributed by atoms with Crippen molar-refractivity contribution in [2.75, 3.05) is 9.80 Å². The van der Waals surface area contributed by atoms with Crippen molar-refractivity contribution in [1.82, 2.24) is 19.5 Å². The Morgan fingerprint density at radius 1 is 0.333 bits per heavy atom. The molecule has 0 bridgehead atoms. The fraction of sp³-hybridized carbons (Fsp3) is 0.0235. The Morgan fingerprint density at radius 3 is 1.24 bits per heavy atom. The van der Waals surface area contributed by atoms with Crippen LogP contribution in [0.2, 0.25) is 0 Å². The quantitative estimate of drug-likeness (QED) is 0.0778. The number of esters is 2. The van der Waals surface area contributed by atoms with Gasteiger partial charge < -0.3 is 23.8 Å². The third-order valence-electron chi connectivity index (χ3n) is 18.3. The van der Waals surface area contributed by atoms with E-state index in [2.05, 4.69) is 178 Å². The van der Waals surface area contributed by atoms with E-state index < -0.39 is 11.9 Å². The van der Waals surface area contributed by atoms with Crippen LogP contribution < -0.4 is 26.2 Å². The topological polar surface area (TPSA) is 103 Å². The van der Waals surface area contributed by atoms with Gasteiger partial charge in [0.1, 0.15) is 13.2 Å². The van der Waals surface area contributed by atoms with Crippen molar-refractivity contribution in [3.8, 4) is 62.1 Å². The van der Waals surface area contributed by atoms with Crippen molar-refractivity contribution in [1.29, 1.82) is 0 Å². The Morgan fingerprint density at radius 2 is 0.740 bits per heavy atom. The van der Waals surface area contributed by atoms with Crippen molar-refractivity contribution in [2.24, 2.45) is 0 Å². The van der Waals surface area contributed by atoms with E-state index in [1.807, 2.05) is 158 Å². The Bertz CT molecular complexity index is 5200. The zero-order chi connectivity index (χ0) is 64.1. The molecule has 10 nitrogen and oxygen atoms in total. The number of hydrogen-bond acceptors (Lipinski definition) is 9. The molecule has 0 N–H and O–H groups in total. The molecule has 11 heteroatoms. The molecule has 0 fully saturated rings. The molecule has 0 aliphatic carbocycles. The minimum absolute atomic E-state index is 0.0496. The summed E-state index contributed by atoms with van der Waals surface area (Å²) in [4.78, 5) is 49.4. The standard InChI is InChI=1S/C85H57BN6O4/c93-84(95-54-56-25-7-1-8-26-56)62-45-47-73-69(50-62)70-51-63(85(94)96-55-57-27-9-2-10-28-57)46-48-74(70)92(73)80-67(39-24-40-68(80)83-88-81(58-29-11-3-12-30-58)87-82(89-83)59-31-13-4-14-32-59)61-34-23-33-60(49-61)64-52-77-79-78(53-64)91(66-37-17-6-18-38-66)76-44-22-20-42-72(76)86(79)71-41-19-21-43-75(71)90(77)65-35-15-5-16-36-65/h1-53H,54-55H2. The number of para-hydroxylation sites is 5. The van der Waals surface area contributed by atoms with Gasteiger partial charge in [-0.25, -0.2) is 24.5 Å². The van der Waals surface area contributed by atoms with Crippen LogP contribution >= 0.6 is 0 Å². The van der Waals surface area contributed by atoms with Gasteiger partial charge in [0.05, 0.1) is 27.8 Å². The smallest absolute Gasteiger partial charge is 0.338 e. The number of fused-ring (bicyclic) bond motifs is 7. The molecule has 2 aliphatic rings. The molecule has 17 rings (SSSR count). The van der Waals surface area contributed by atoms with Gasteiger partial charge in [0, 0.05) is 67.2 Å². The van der Waals surface area contributed by atoms with Crippen LogP contribution in [0.5, 0.6) is 0 Å². The first-order valence-electron chi connectivity index (χ1n) is 32.1. The molecule has 2 aliphatic heterocycles. The molecule has 4 heterocycles. The van der Waals surface area contributed by atoms with E-state index in [0.717, 1.165) is 95.4 Å². The van der Waals surface area contributed by atoms with Gasteiger partial charge in [-0.3, -0.25) is 0 Å². The molecule has 0 amide bonds. The molecule has 96 heavy (non-hydrogen) atoms. The van der Waals surface area contributed by atoms with Crippen molar-refractivity contribution in [3.05, 3.63) is 344 Å². The predicted octanol–water partition coefficient (Wildman–Crippen LogP) is 18.1. The highest BCUT2D eigenvalue weighted by Crippen LogP contribution is 2.48. The molecule has 0 saturated carbocycles. The minimum atomic E-state index is -0.482. The van der Waals surface area contributed by atoms with Crippen LogP contribution in [0.25, 0.3) is 83.9 Å². The van der Waals surface area contributed by atoms with E-state index in [1.165, 1.54) is 16.4 Å². The number of hydrogen-bond donors (Lipinski definition) is 0. The molecule has 15 aromatic rings. The van der Waals surface area contributed by atoms with Crippen LogP contribution in [0.15, 0.2) is 322 Å². The van der Waals surface area contributed by atoms with Crippen molar-refractivity contribution in [2.45, 2.75) is 13.2 Å². The molecule has 13 aromatic carbocycles. The van der Waals surface area contributed by atoms with Crippen molar-refractivity contribution < 1.29 is 19.1 Å². The van der Waals surface area contributed by atoms with Crippen LogP contribution in [-0.2, 0) is 22.7 Å². The van der Waals surface area contributed by atoms with Gasteiger partial charge in [-0.15, -0.1) is 0 Å². The molecule has 0 spiro atoms. The largest absolute Gasteiger partial charge is 0.457 e. The van der Waals surface area contributed by atoms with Gasteiger partial charge in [-0.05, 0) is 141 Å².